The zero-order chi connectivity index (χ0) is 17.9. The molecule has 0 fully saturated rings. The van der Waals surface area contributed by atoms with Gasteiger partial charge in [0.1, 0.15) is 5.82 Å². The molecule has 0 bridgehead atoms. The summed E-state index contributed by atoms with van der Waals surface area (Å²) in [5, 5.41) is 6.72. The summed E-state index contributed by atoms with van der Waals surface area (Å²) in [7, 11) is 0. The number of halogens is 1. The minimum Gasteiger partial charge on any atom is -0.309 e. The van der Waals surface area contributed by atoms with Crippen LogP contribution in [0.15, 0.2) is 53.5 Å². The van der Waals surface area contributed by atoms with Gasteiger partial charge in [0.05, 0.1) is 5.56 Å². The summed E-state index contributed by atoms with van der Waals surface area (Å²) in [5.74, 6) is 0.387. The van der Waals surface area contributed by atoms with Crippen LogP contribution in [0.1, 0.15) is 35.7 Å². The Morgan fingerprint density at radius 1 is 1.23 bits per heavy atom. The average molecular weight is 352 g/mol. The summed E-state index contributed by atoms with van der Waals surface area (Å²) in [6.45, 7) is 0.740. The van der Waals surface area contributed by atoms with Gasteiger partial charge in [-0.25, -0.2) is 14.1 Å². The zero-order valence-electron chi connectivity index (χ0n) is 14.4. The Morgan fingerprint density at radius 3 is 2.85 bits per heavy atom. The van der Waals surface area contributed by atoms with E-state index in [1.54, 1.807) is 18.3 Å². The van der Waals surface area contributed by atoms with Crippen LogP contribution >= 0.6 is 0 Å². The largest absolute Gasteiger partial charge is 0.309 e. The molecule has 1 unspecified atom stereocenters. The molecule has 0 aliphatic heterocycles. The van der Waals surface area contributed by atoms with Gasteiger partial charge < -0.3 is 5.32 Å². The molecule has 26 heavy (non-hydrogen) atoms. The van der Waals surface area contributed by atoms with Crippen molar-refractivity contribution in [3.05, 3.63) is 81.7 Å². The smallest absolute Gasteiger partial charge is 0.277 e. The van der Waals surface area contributed by atoms with Crippen molar-refractivity contribution in [3.8, 4) is 5.82 Å². The monoisotopic (exact) mass is 352 g/mol. The number of aromatic amines is 1. The molecule has 0 radical (unpaired) electrons. The van der Waals surface area contributed by atoms with Crippen molar-refractivity contribution in [2.75, 3.05) is 6.54 Å². The summed E-state index contributed by atoms with van der Waals surface area (Å²) >= 11 is 0. The molecule has 2 heterocycles. The van der Waals surface area contributed by atoms with Gasteiger partial charge >= 0.3 is 0 Å². The third-order valence-corrected chi connectivity index (χ3v) is 4.87. The van der Waals surface area contributed by atoms with Crippen LogP contribution in [0.3, 0.4) is 0 Å². The zero-order valence-corrected chi connectivity index (χ0v) is 14.4. The number of aryl methyl sites for hydroxylation is 1. The molecule has 0 saturated heterocycles. The van der Waals surface area contributed by atoms with Crippen molar-refractivity contribution in [2.24, 2.45) is 0 Å². The molecule has 0 spiro atoms. The van der Waals surface area contributed by atoms with Crippen molar-refractivity contribution in [1.29, 1.82) is 0 Å². The first kappa shape index (κ1) is 16.7. The first-order valence-corrected chi connectivity index (χ1v) is 8.95. The highest BCUT2D eigenvalue weighted by Crippen LogP contribution is 2.26. The molecule has 134 valence electrons. The maximum absolute atomic E-state index is 13.0. The van der Waals surface area contributed by atoms with Crippen LogP contribution < -0.4 is 10.9 Å². The fourth-order valence-electron chi connectivity index (χ4n) is 3.57. The predicted octanol–water partition coefficient (Wildman–Crippen LogP) is 2.91. The molecule has 0 amide bonds. The van der Waals surface area contributed by atoms with Gasteiger partial charge in [0, 0.05) is 17.9 Å². The SMILES string of the molecule is O=c1c2c([nH]n1-c1ccccn1)CCCC2NCCc1ccc(F)cc1. The van der Waals surface area contributed by atoms with E-state index in [2.05, 4.69) is 15.4 Å². The van der Waals surface area contributed by atoms with Gasteiger partial charge in [0.2, 0.25) is 0 Å². The number of fused-ring (bicyclic) bond motifs is 1. The molecule has 2 N–H and O–H groups in total. The fraction of sp³-hybridized carbons (Fsp3) is 0.300. The van der Waals surface area contributed by atoms with Crippen molar-refractivity contribution in [1.82, 2.24) is 20.1 Å². The van der Waals surface area contributed by atoms with Crippen LogP contribution in [-0.2, 0) is 12.8 Å². The molecule has 1 aliphatic carbocycles. The number of aromatic nitrogens is 3. The Balaban J connectivity index is 1.51. The molecular formula is C20H21FN4O. The third kappa shape index (κ3) is 3.32. The van der Waals surface area contributed by atoms with Gasteiger partial charge in [-0.3, -0.25) is 9.89 Å². The highest BCUT2D eigenvalue weighted by atomic mass is 19.1. The maximum Gasteiger partial charge on any atom is 0.277 e. The summed E-state index contributed by atoms with van der Waals surface area (Å²) in [5.41, 5.74) is 2.86. The van der Waals surface area contributed by atoms with E-state index in [4.69, 9.17) is 0 Å². The quantitative estimate of drug-likeness (QED) is 0.742. The van der Waals surface area contributed by atoms with E-state index in [0.717, 1.165) is 49.0 Å². The summed E-state index contributed by atoms with van der Waals surface area (Å²) in [4.78, 5) is 17.2. The van der Waals surface area contributed by atoms with Gasteiger partial charge in [-0.05, 0) is 62.1 Å². The van der Waals surface area contributed by atoms with Crippen LogP contribution in [0, 0.1) is 5.82 Å². The minimum atomic E-state index is -0.221. The second-order valence-electron chi connectivity index (χ2n) is 6.61. The number of pyridine rings is 1. The first-order valence-electron chi connectivity index (χ1n) is 8.95. The van der Waals surface area contributed by atoms with Crippen molar-refractivity contribution in [3.63, 3.8) is 0 Å². The molecule has 0 saturated carbocycles. The van der Waals surface area contributed by atoms with Crippen molar-refractivity contribution >= 4 is 0 Å². The molecule has 4 rings (SSSR count). The van der Waals surface area contributed by atoms with Gasteiger partial charge in [-0.15, -0.1) is 0 Å². The Morgan fingerprint density at radius 2 is 2.08 bits per heavy atom. The van der Waals surface area contributed by atoms with E-state index in [-0.39, 0.29) is 17.4 Å². The first-order chi connectivity index (χ1) is 12.7. The molecule has 3 aromatic rings. The lowest BCUT2D eigenvalue weighted by molar-refractivity contribution is 0.459. The molecule has 6 heteroatoms. The van der Waals surface area contributed by atoms with Crippen molar-refractivity contribution < 1.29 is 4.39 Å². The molecule has 1 aromatic carbocycles. The van der Waals surface area contributed by atoms with Gasteiger partial charge in [-0.1, -0.05) is 18.2 Å². The number of H-pyrrole nitrogens is 1. The topological polar surface area (TPSA) is 62.7 Å². The summed E-state index contributed by atoms with van der Waals surface area (Å²) in [6.07, 6.45) is 5.32. The highest BCUT2D eigenvalue weighted by Gasteiger charge is 2.26. The van der Waals surface area contributed by atoms with Crippen LogP contribution in [-0.4, -0.2) is 21.3 Å². The maximum atomic E-state index is 13.0. The molecule has 1 aliphatic rings. The Kier molecular flexibility index (Phi) is 4.67. The van der Waals surface area contributed by atoms with E-state index in [0.29, 0.717) is 5.82 Å². The second kappa shape index (κ2) is 7.25. The standard InChI is InChI=1S/C20H21FN4O/c21-15-9-7-14(8-10-15)11-13-22-16-4-3-5-17-19(16)20(26)25(24-17)18-6-1-2-12-23-18/h1-2,6-10,12,16,22,24H,3-5,11,13H2. The Labute approximate surface area is 150 Å². The van der Waals surface area contributed by atoms with E-state index in [1.807, 2.05) is 18.2 Å². The van der Waals surface area contributed by atoms with E-state index < -0.39 is 0 Å². The number of benzene rings is 1. The van der Waals surface area contributed by atoms with Crippen LogP contribution in [0.25, 0.3) is 5.82 Å². The predicted molar refractivity (Wildman–Crippen MR) is 98.0 cm³/mol. The second-order valence-corrected chi connectivity index (χ2v) is 6.61. The van der Waals surface area contributed by atoms with Crippen LogP contribution in [0.2, 0.25) is 0 Å². The van der Waals surface area contributed by atoms with E-state index >= 15 is 0 Å². The number of hydrogen-bond acceptors (Lipinski definition) is 3. The summed E-state index contributed by atoms with van der Waals surface area (Å²) in [6, 6.07) is 12.1. The number of rotatable bonds is 5. The van der Waals surface area contributed by atoms with Crippen LogP contribution in [0.4, 0.5) is 4.39 Å². The molecular weight excluding hydrogens is 331 g/mol. The molecule has 2 aromatic heterocycles. The lowest BCUT2D eigenvalue weighted by Crippen LogP contribution is -2.31. The lowest BCUT2D eigenvalue weighted by atomic mass is 9.93. The Hall–Kier alpha value is -2.73. The summed E-state index contributed by atoms with van der Waals surface area (Å²) < 4.78 is 14.5. The molecule has 1 atom stereocenters. The van der Waals surface area contributed by atoms with Gasteiger partial charge in [0.15, 0.2) is 5.82 Å². The fourth-order valence-corrected chi connectivity index (χ4v) is 3.57. The lowest BCUT2D eigenvalue weighted by Gasteiger charge is -2.22. The van der Waals surface area contributed by atoms with Crippen molar-refractivity contribution in [2.45, 2.75) is 31.7 Å². The average Bonchev–Trinajstić information content (AvgIpc) is 3.02. The van der Waals surface area contributed by atoms with Gasteiger partial charge in [0.25, 0.3) is 5.56 Å². The van der Waals surface area contributed by atoms with E-state index in [9.17, 15) is 9.18 Å². The van der Waals surface area contributed by atoms with Gasteiger partial charge in [-0.2, -0.15) is 0 Å². The van der Waals surface area contributed by atoms with E-state index in [1.165, 1.54) is 16.8 Å². The Bertz CT molecular complexity index is 931. The molecule has 5 nitrogen and oxygen atoms in total. The van der Waals surface area contributed by atoms with Crippen LogP contribution in [0.5, 0.6) is 0 Å². The number of nitrogens with zero attached hydrogens (tertiary/aromatic N) is 2. The third-order valence-electron chi connectivity index (χ3n) is 4.87. The normalized spacial score (nSPS) is 16.4. The minimum absolute atomic E-state index is 0.0299. The number of hydrogen-bond donors (Lipinski definition) is 2. The number of nitrogens with one attached hydrogen (secondary N) is 2. The highest BCUT2D eigenvalue weighted by molar-refractivity contribution is 5.30.